The van der Waals surface area contributed by atoms with Gasteiger partial charge in [-0.25, -0.2) is 0 Å². The van der Waals surface area contributed by atoms with E-state index in [1.165, 1.54) is 0 Å². The molecule has 4 saturated carbocycles. The maximum Gasteiger partial charge on any atom is 0.161 e. The number of carbonyl (C=O) groups is 1. The molecule has 0 aromatic heterocycles. The van der Waals surface area contributed by atoms with E-state index in [9.17, 15) is 15.0 Å². The molecule has 2 N–H and O–H groups in total. The van der Waals surface area contributed by atoms with Crippen molar-refractivity contribution in [1.82, 2.24) is 0 Å². The van der Waals surface area contributed by atoms with Crippen molar-refractivity contribution in [3.8, 4) is 0 Å². The van der Waals surface area contributed by atoms with Gasteiger partial charge in [0.15, 0.2) is 5.78 Å². The van der Waals surface area contributed by atoms with E-state index in [1.54, 1.807) is 6.92 Å². The lowest BCUT2D eigenvalue weighted by molar-refractivity contribution is -0.167. The summed E-state index contributed by atoms with van der Waals surface area (Å²) in [5.41, 5.74) is -1.64. The number of carbonyl (C=O) groups excluding carboxylic acids is 1. The highest BCUT2D eigenvalue weighted by Gasteiger charge is 2.70. The second-order valence-electron chi connectivity index (χ2n) is 10.2. The molecule has 3 nitrogen and oxygen atoms in total. The average molecular weight is 403 g/mol. The maximum atomic E-state index is 12.3. The molecular formula is C21H32Cl2O3. The lowest BCUT2D eigenvalue weighted by atomic mass is 9.44. The van der Waals surface area contributed by atoms with Crippen LogP contribution in [0.1, 0.15) is 72.1 Å². The van der Waals surface area contributed by atoms with Gasteiger partial charge >= 0.3 is 0 Å². The molecule has 0 radical (unpaired) electrons. The van der Waals surface area contributed by atoms with Crippen molar-refractivity contribution >= 4 is 29.0 Å². The standard InChI is InChI=1S/C21H32Cl2O3/c1-12(24)21(26)9-6-16-14-10-17(22)20(23)11-13(25)4-7-18(20,2)15(14)5-8-19(16,21)3/h13-17,25-26H,4-11H2,1-3H3/t13?,14?,15?,16?,17?,18?,19?,20-,21-/m0/s1. The molecule has 26 heavy (non-hydrogen) atoms. The fourth-order valence-corrected chi connectivity index (χ4v) is 8.80. The number of alkyl halides is 2. The summed E-state index contributed by atoms with van der Waals surface area (Å²) in [6.07, 6.45) is 6.05. The Morgan fingerprint density at radius 1 is 1.04 bits per heavy atom. The second-order valence-corrected chi connectivity index (χ2v) is 11.4. The van der Waals surface area contributed by atoms with Gasteiger partial charge in [0, 0.05) is 5.41 Å². The molecule has 9 atom stereocenters. The van der Waals surface area contributed by atoms with E-state index in [-0.39, 0.29) is 28.1 Å². The summed E-state index contributed by atoms with van der Waals surface area (Å²) >= 11 is 14.1. The number of Topliss-reactive ketones (excluding diaryl/α,β-unsaturated/α-hetero) is 1. The van der Waals surface area contributed by atoms with Crippen molar-refractivity contribution < 1.29 is 15.0 Å². The van der Waals surface area contributed by atoms with Crippen LogP contribution in [0.3, 0.4) is 0 Å². The first kappa shape index (κ1) is 19.5. The molecule has 4 aliphatic rings. The largest absolute Gasteiger partial charge is 0.393 e. The smallest absolute Gasteiger partial charge is 0.161 e. The Morgan fingerprint density at radius 3 is 2.27 bits per heavy atom. The maximum absolute atomic E-state index is 12.3. The van der Waals surface area contributed by atoms with Gasteiger partial charge in [-0.05, 0) is 81.5 Å². The van der Waals surface area contributed by atoms with Gasteiger partial charge in [0.2, 0.25) is 0 Å². The molecule has 5 heteroatoms. The van der Waals surface area contributed by atoms with Crippen molar-refractivity contribution in [1.29, 1.82) is 0 Å². The minimum Gasteiger partial charge on any atom is -0.393 e. The molecule has 0 spiro atoms. The highest BCUT2D eigenvalue weighted by atomic mass is 35.5. The minimum atomic E-state index is -1.19. The first-order valence-corrected chi connectivity index (χ1v) is 11.1. The third-order valence-electron chi connectivity index (χ3n) is 9.44. The van der Waals surface area contributed by atoms with Crippen molar-refractivity contribution in [2.45, 2.75) is 94.1 Å². The minimum absolute atomic E-state index is 0.0853. The van der Waals surface area contributed by atoms with E-state index in [4.69, 9.17) is 23.2 Å². The molecule has 0 heterocycles. The quantitative estimate of drug-likeness (QED) is 0.643. The van der Waals surface area contributed by atoms with Gasteiger partial charge in [-0.3, -0.25) is 4.79 Å². The average Bonchev–Trinajstić information content (AvgIpc) is 2.84. The Morgan fingerprint density at radius 2 is 1.62 bits per heavy atom. The van der Waals surface area contributed by atoms with E-state index in [0.29, 0.717) is 30.6 Å². The Kier molecular flexibility index (Phi) is 4.38. The van der Waals surface area contributed by atoms with Gasteiger partial charge in [-0.1, -0.05) is 13.8 Å². The Bertz CT molecular complexity index is 626. The number of rotatable bonds is 1. The molecule has 0 amide bonds. The van der Waals surface area contributed by atoms with Crippen LogP contribution in [0.15, 0.2) is 0 Å². The van der Waals surface area contributed by atoms with Crippen molar-refractivity contribution in [3.05, 3.63) is 0 Å². The molecule has 7 unspecified atom stereocenters. The number of fused-ring (bicyclic) bond motifs is 5. The van der Waals surface area contributed by atoms with Crippen LogP contribution in [-0.2, 0) is 4.79 Å². The normalized spacial score (nSPS) is 59.3. The predicted molar refractivity (Wildman–Crippen MR) is 103 cm³/mol. The lowest BCUT2D eigenvalue weighted by Gasteiger charge is -2.65. The number of aliphatic hydroxyl groups excluding tert-OH is 1. The van der Waals surface area contributed by atoms with Crippen LogP contribution in [0.4, 0.5) is 0 Å². The number of aliphatic hydroxyl groups is 2. The highest BCUT2D eigenvalue weighted by Crippen LogP contribution is 2.71. The van der Waals surface area contributed by atoms with E-state index < -0.39 is 10.5 Å². The van der Waals surface area contributed by atoms with Crippen LogP contribution in [0.2, 0.25) is 0 Å². The summed E-state index contributed by atoms with van der Waals surface area (Å²) in [7, 11) is 0. The monoisotopic (exact) mass is 402 g/mol. The van der Waals surface area contributed by atoms with Crippen molar-refractivity contribution in [3.63, 3.8) is 0 Å². The van der Waals surface area contributed by atoms with Crippen LogP contribution in [-0.4, -0.2) is 38.0 Å². The summed E-state index contributed by atoms with van der Waals surface area (Å²) in [5, 5.41) is 21.3. The van der Waals surface area contributed by atoms with Gasteiger partial charge in [-0.15, -0.1) is 23.2 Å². The number of hydrogen-bond acceptors (Lipinski definition) is 3. The highest BCUT2D eigenvalue weighted by molar-refractivity contribution is 6.33. The fourth-order valence-electron chi connectivity index (χ4n) is 7.76. The van der Waals surface area contributed by atoms with Gasteiger partial charge in [0.05, 0.1) is 16.4 Å². The van der Waals surface area contributed by atoms with Crippen molar-refractivity contribution in [2.24, 2.45) is 28.6 Å². The van der Waals surface area contributed by atoms with Crippen molar-refractivity contribution in [2.75, 3.05) is 0 Å². The first-order valence-electron chi connectivity index (χ1n) is 10.2. The number of ketones is 1. The molecule has 0 saturated heterocycles. The second kappa shape index (κ2) is 5.84. The molecule has 0 aliphatic heterocycles. The zero-order valence-electron chi connectivity index (χ0n) is 16.1. The summed E-state index contributed by atoms with van der Waals surface area (Å²) in [6.45, 7) is 5.95. The van der Waals surface area contributed by atoms with E-state index in [2.05, 4.69) is 13.8 Å². The number of hydrogen-bond donors (Lipinski definition) is 2. The van der Waals surface area contributed by atoms with Gasteiger partial charge in [0.1, 0.15) is 5.60 Å². The molecule has 148 valence electrons. The third kappa shape index (κ3) is 2.18. The molecule has 4 rings (SSSR count). The molecule has 0 aromatic carbocycles. The summed E-state index contributed by atoms with van der Waals surface area (Å²) < 4.78 is 0. The third-order valence-corrected chi connectivity index (χ3v) is 11.0. The molecule has 0 bridgehead atoms. The first-order chi connectivity index (χ1) is 12.0. The van der Waals surface area contributed by atoms with Crippen LogP contribution in [0.5, 0.6) is 0 Å². The Balaban J connectivity index is 1.72. The van der Waals surface area contributed by atoms with Gasteiger partial charge < -0.3 is 10.2 Å². The summed E-state index contributed by atoms with van der Waals surface area (Å²) in [4.78, 5) is 11.7. The SMILES string of the molecule is CC(=O)[C@@]1(O)CCC2C3CC(Cl)[C@@]4(Cl)CC(O)CCC4(C)C3CCC21C. The molecular weight excluding hydrogens is 371 g/mol. The molecule has 4 fully saturated rings. The van der Waals surface area contributed by atoms with Crippen LogP contribution in [0, 0.1) is 28.6 Å². The van der Waals surface area contributed by atoms with Gasteiger partial charge in [-0.2, -0.15) is 0 Å². The number of halogens is 2. The zero-order chi connectivity index (χ0) is 19.1. The Hall–Kier alpha value is 0.170. The topological polar surface area (TPSA) is 57.5 Å². The van der Waals surface area contributed by atoms with E-state index >= 15 is 0 Å². The van der Waals surface area contributed by atoms with E-state index in [0.717, 1.165) is 38.5 Å². The van der Waals surface area contributed by atoms with E-state index in [1.807, 2.05) is 0 Å². The van der Waals surface area contributed by atoms with Gasteiger partial charge in [0.25, 0.3) is 0 Å². The Labute approximate surface area is 166 Å². The summed E-state index contributed by atoms with van der Waals surface area (Å²) in [6, 6.07) is 0. The molecule has 0 aromatic rings. The van der Waals surface area contributed by atoms with Crippen LogP contribution in [0.25, 0.3) is 0 Å². The van der Waals surface area contributed by atoms with Crippen LogP contribution < -0.4 is 0 Å². The summed E-state index contributed by atoms with van der Waals surface area (Å²) in [5.74, 6) is 1.09. The lowest BCUT2D eigenvalue weighted by Crippen LogP contribution is -2.66. The zero-order valence-corrected chi connectivity index (χ0v) is 17.6. The fraction of sp³-hybridized carbons (Fsp3) is 0.952. The molecule has 4 aliphatic carbocycles. The van der Waals surface area contributed by atoms with Crippen LogP contribution >= 0.6 is 23.2 Å². The predicted octanol–water partition coefficient (Wildman–Crippen LogP) is 4.29.